The molecular weight excluding hydrogens is 208 g/mol. The summed E-state index contributed by atoms with van der Waals surface area (Å²) >= 11 is 0. The molecule has 90 valence electrons. The number of hydrogen-bond acceptors (Lipinski definition) is 4. The Morgan fingerprint density at radius 1 is 1.69 bits per heavy atom. The Labute approximate surface area is 94.4 Å². The third kappa shape index (κ3) is 3.90. The quantitative estimate of drug-likeness (QED) is 0.645. The molecule has 4 N–H and O–H groups in total. The van der Waals surface area contributed by atoms with Crippen LogP contribution in [0.15, 0.2) is 12.3 Å². The van der Waals surface area contributed by atoms with Crippen molar-refractivity contribution in [2.24, 2.45) is 0 Å². The van der Waals surface area contributed by atoms with Gasteiger partial charge in [0.15, 0.2) is 0 Å². The SMILES string of the molecule is CC(C)(CCO)NC(=O)Cn1ccc(N)n1. The molecule has 6 nitrogen and oxygen atoms in total. The van der Waals surface area contributed by atoms with Crippen LogP contribution in [0.1, 0.15) is 20.3 Å². The minimum absolute atomic E-state index is 0.0436. The molecule has 0 unspecified atom stereocenters. The number of amides is 1. The minimum atomic E-state index is -0.412. The monoisotopic (exact) mass is 226 g/mol. The van der Waals surface area contributed by atoms with Gasteiger partial charge in [0, 0.05) is 18.3 Å². The number of carbonyl (C=O) groups is 1. The number of anilines is 1. The summed E-state index contributed by atoms with van der Waals surface area (Å²) in [5.41, 5.74) is 5.02. The van der Waals surface area contributed by atoms with Crippen LogP contribution < -0.4 is 11.1 Å². The predicted molar refractivity (Wildman–Crippen MR) is 60.6 cm³/mol. The zero-order valence-electron chi connectivity index (χ0n) is 9.60. The van der Waals surface area contributed by atoms with Gasteiger partial charge in [-0.15, -0.1) is 0 Å². The molecular formula is C10H18N4O2. The molecule has 0 aliphatic heterocycles. The molecule has 1 rings (SSSR count). The van der Waals surface area contributed by atoms with Gasteiger partial charge < -0.3 is 16.2 Å². The zero-order chi connectivity index (χ0) is 12.2. The molecule has 6 heteroatoms. The summed E-state index contributed by atoms with van der Waals surface area (Å²) in [6.45, 7) is 3.89. The van der Waals surface area contributed by atoms with Gasteiger partial charge in [0.2, 0.25) is 5.91 Å². The molecule has 0 spiro atoms. The third-order valence-corrected chi connectivity index (χ3v) is 2.18. The van der Waals surface area contributed by atoms with E-state index in [4.69, 9.17) is 10.8 Å². The largest absolute Gasteiger partial charge is 0.396 e. The molecule has 0 saturated carbocycles. The normalized spacial score (nSPS) is 11.4. The lowest BCUT2D eigenvalue weighted by Crippen LogP contribution is -2.45. The molecule has 1 aromatic rings. The number of nitrogens with zero attached hydrogens (tertiary/aromatic N) is 2. The Morgan fingerprint density at radius 2 is 2.38 bits per heavy atom. The van der Waals surface area contributed by atoms with Gasteiger partial charge in [-0.25, -0.2) is 0 Å². The van der Waals surface area contributed by atoms with Crippen molar-refractivity contribution in [2.75, 3.05) is 12.3 Å². The first-order valence-electron chi connectivity index (χ1n) is 5.14. The van der Waals surface area contributed by atoms with Crippen molar-refractivity contribution >= 4 is 11.7 Å². The molecule has 0 aromatic carbocycles. The maximum absolute atomic E-state index is 11.6. The predicted octanol–water partition coefficient (Wildman–Crippen LogP) is -0.257. The Bertz CT molecular complexity index is 359. The summed E-state index contributed by atoms with van der Waals surface area (Å²) in [6, 6.07) is 1.63. The number of nitrogens with one attached hydrogen (secondary N) is 1. The van der Waals surface area contributed by atoms with Gasteiger partial charge in [0.1, 0.15) is 12.4 Å². The number of rotatable bonds is 5. The van der Waals surface area contributed by atoms with E-state index in [0.29, 0.717) is 12.2 Å². The molecule has 0 aliphatic carbocycles. The van der Waals surface area contributed by atoms with Crippen molar-refractivity contribution in [1.29, 1.82) is 0 Å². The van der Waals surface area contributed by atoms with Crippen LogP contribution in [0.4, 0.5) is 5.82 Å². The Hall–Kier alpha value is -1.56. The second kappa shape index (κ2) is 4.98. The van der Waals surface area contributed by atoms with E-state index in [1.54, 1.807) is 12.3 Å². The van der Waals surface area contributed by atoms with Crippen LogP contribution in [0.25, 0.3) is 0 Å². The number of carbonyl (C=O) groups excluding carboxylic acids is 1. The van der Waals surface area contributed by atoms with E-state index in [-0.39, 0.29) is 19.1 Å². The maximum Gasteiger partial charge on any atom is 0.242 e. The number of aliphatic hydroxyl groups excluding tert-OH is 1. The highest BCUT2D eigenvalue weighted by molar-refractivity contribution is 5.76. The van der Waals surface area contributed by atoms with Gasteiger partial charge in [0.25, 0.3) is 0 Å². The highest BCUT2D eigenvalue weighted by Gasteiger charge is 2.19. The summed E-state index contributed by atoms with van der Waals surface area (Å²) < 4.78 is 1.47. The lowest BCUT2D eigenvalue weighted by atomic mass is 10.0. The number of hydrogen-bond donors (Lipinski definition) is 3. The minimum Gasteiger partial charge on any atom is -0.396 e. The third-order valence-electron chi connectivity index (χ3n) is 2.18. The maximum atomic E-state index is 11.6. The zero-order valence-corrected chi connectivity index (χ0v) is 9.60. The number of nitrogens with two attached hydrogens (primary N) is 1. The van der Waals surface area contributed by atoms with E-state index in [2.05, 4.69) is 10.4 Å². The van der Waals surface area contributed by atoms with Gasteiger partial charge >= 0.3 is 0 Å². The van der Waals surface area contributed by atoms with Gasteiger partial charge in [0.05, 0.1) is 0 Å². The van der Waals surface area contributed by atoms with Crippen LogP contribution in [0.2, 0.25) is 0 Å². The Morgan fingerprint density at radius 3 is 2.88 bits per heavy atom. The molecule has 0 radical (unpaired) electrons. The average Bonchev–Trinajstić information content (AvgIpc) is 2.49. The topological polar surface area (TPSA) is 93.2 Å². The first-order chi connectivity index (χ1) is 7.43. The van der Waals surface area contributed by atoms with E-state index in [9.17, 15) is 4.79 Å². The number of aliphatic hydroxyl groups is 1. The van der Waals surface area contributed by atoms with E-state index in [1.165, 1.54) is 4.68 Å². The van der Waals surface area contributed by atoms with E-state index < -0.39 is 5.54 Å². The van der Waals surface area contributed by atoms with Crippen LogP contribution in [0.3, 0.4) is 0 Å². The fourth-order valence-corrected chi connectivity index (χ4v) is 1.37. The van der Waals surface area contributed by atoms with Crippen molar-refractivity contribution in [3.8, 4) is 0 Å². The van der Waals surface area contributed by atoms with Gasteiger partial charge in [-0.05, 0) is 26.3 Å². The summed E-state index contributed by atoms with van der Waals surface area (Å²) in [4.78, 5) is 11.6. The number of nitrogen functional groups attached to an aromatic ring is 1. The lowest BCUT2D eigenvalue weighted by molar-refractivity contribution is -0.123. The molecule has 0 saturated heterocycles. The molecule has 0 fully saturated rings. The van der Waals surface area contributed by atoms with Crippen LogP contribution in [0, 0.1) is 0 Å². The van der Waals surface area contributed by atoms with Crippen LogP contribution >= 0.6 is 0 Å². The van der Waals surface area contributed by atoms with Crippen molar-refractivity contribution in [3.05, 3.63) is 12.3 Å². The van der Waals surface area contributed by atoms with Crippen molar-refractivity contribution in [3.63, 3.8) is 0 Å². The number of aromatic nitrogens is 2. The molecule has 0 atom stereocenters. The summed E-state index contributed by atoms with van der Waals surface area (Å²) in [7, 11) is 0. The summed E-state index contributed by atoms with van der Waals surface area (Å²) in [5, 5.41) is 15.5. The lowest BCUT2D eigenvalue weighted by Gasteiger charge is -2.25. The van der Waals surface area contributed by atoms with Crippen LogP contribution in [-0.2, 0) is 11.3 Å². The Balaban J connectivity index is 2.47. The second-order valence-electron chi connectivity index (χ2n) is 4.34. The average molecular weight is 226 g/mol. The second-order valence-corrected chi connectivity index (χ2v) is 4.34. The van der Waals surface area contributed by atoms with Gasteiger partial charge in [-0.2, -0.15) is 5.10 Å². The van der Waals surface area contributed by atoms with Crippen molar-refractivity contribution in [2.45, 2.75) is 32.4 Å². The van der Waals surface area contributed by atoms with Crippen LogP contribution in [0.5, 0.6) is 0 Å². The van der Waals surface area contributed by atoms with Gasteiger partial charge in [-0.3, -0.25) is 9.48 Å². The van der Waals surface area contributed by atoms with Crippen molar-refractivity contribution in [1.82, 2.24) is 15.1 Å². The molecule has 1 heterocycles. The van der Waals surface area contributed by atoms with Crippen LogP contribution in [-0.4, -0.2) is 32.9 Å². The van der Waals surface area contributed by atoms with Gasteiger partial charge in [-0.1, -0.05) is 0 Å². The molecule has 1 amide bonds. The first kappa shape index (κ1) is 12.5. The molecule has 16 heavy (non-hydrogen) atoms. The molecule has 0 bridgehead atoms. The smallest absolute Gasteiger partial charge is 0.242 e. The molecule has 0 aliphatic rings. The van der Waals surface area contributed by atoms with E-state index in [1.807, 2.05) is 13.8 Å². The highest BCUT2D eigenvalue weighted by Crippen LogP contribution is 2.07. The fourth-order valence-electron chi connectivity index (χ4n) is 1.37. The van der Waals surface area contributed by atoms with Crippen molar-refractivity contribution < 1.29 is 9.90 Å². The first-order valence-corrected chi connectivity index (χ1v) is 5.14. The standard InChI is InChI=1S/C10H18N4O2/c1-10(2,4-6-15)12-9(16)7-14-5-3-8(11)13-14/h3,5,15H,4,6-7H2,1-2H3,(H2,11,13)(H,12,16). The summed E-state index contributed by atoms with van der Waals surface area (Å²) in [5.74, 6) is 0.240. The summed E-state index contributed by atoms with van der Waals surface area (Å²) in [6.07, 6.45) is 2.16. The molecule has 1 aromatic heterocycles. The van der Waals surface area contributed by atoms with E-state index >= 15 is 0 Å². The fraction of sp³-hybridized carbons (Fsp3) is 0.600. The van der Waals surface area contributed by atoms with E-state index in [0.717, 1.165) is 0 Å². The highest BCUT2D eigenvalue weighted by atomic mass is 16.3. The Kier molecular flexibility index (Phi) is 3.89.